The number of hydrogen-bond acceptors (Lipinski definition) is 6. The Bertz CT molecular complexity index is 765. The van der Waals surface area contributed by atoms with Crippen LogP contribution < -0.4 is 0 Å². The van der Waals surface area contributed by atoms with E-state index in [2.05, 4.69) is 20.6 Å². The molecule has 0 spiro atoms. The number of nitrogens with zero attached hydrogens (tertiary/aromatic N) is 3. The van der Waals surface area contributed by atoms with Crippen molar-refractivity contribution < 1.29 is 9.59 Å². The van der Waals surface area contributed by atoms with E-state index in [1.807, 2.05) is 41.8 Å². The summed E-state index contributed by atoms with van der Waals surface area (Å²) in [6.07, 6.45) is 0.0289. The number of benzene rings is 1. The summed E-state index contributed by atoms with van der Waals surface area (Å²) in [5.74, 6) is -1.47. The fourth-order valence-electron chi connectivity index (χ4n) is 1.95. The van der Waals surface area contributed by atoms with Crippen LogP contribution in [0.3, 0.4) is 0 Å². The van der Waals surface area contributed by atoms with Crippen molar-refractivity contribution in [2.75, 3.05) is 0 Å². The molecular formula is C14H10N4O2S. The average Bonchev–Trinajstić information content (AvgIpc) is 3.19. The largest absolute Gasteiger partial charge is 0.290 e. The number of aromatic nitrogens is 4. The molecule has 0 fully saturated rings. The minimum Gasteiger partial charge on any atom is -0.290 e. The van der Waals surface area contributed by atoms with Gasteiger partial charge in [0.2, 0.25) is 11.6 Å². The van der Waals surface area contributed by atoms with Crippen LogP contribution >= 0.6 is 11.3 Å². The van der Waals surface area contributed by atoms with Gasteiger partial charge in [0, 0.05) is 11.3 Å². The summed E-state index contributed by atoms with van der Waals surface area (Å²) >= 11 is 1.54. The highest BCUT2D eigenvalue weighted by atomic mass is 32.1. The van der Waals surface area contributed by atoms with E-state index in [9.17, 15) is 9.59 Å². The van der Waals surface area contributed by atoms with E-state index < -0.39 is 11.6 Å². The molecule has 0 unspecified atom stereocenters. The maximum Gasteiger partial charge on any atom is 0.269 e. The van der Waals surface area contributed by atoms with Gasteiger partial charge >= 0.3 is 0 Å². The molecule has 7 heteroatoms. The Morgan fingerprint density at radius 1 is 1.14 bits per heavy atom. The number of carbonyl (C=O) groups excluding carboxylic acids is 2. The highest BCUT2D eigenvalue weighted by Gasteiger charge is 2.22. The summed E-state index contributed by atoms with van der Waals surface area (Å²) in [6.45, 7) is 0. The SMILES string of the molecule is O=C(Cc1ccsc1-c1ccccc1)C(=O)c1nn[nH]n1. The number of tetrazole rings is 1. The van der Waals surface area contributed by atoms with Crippen LogP contribution in [0.4, 0.5) is 0 Å². The number of hydrogen-bond donors (Lipinski definition) is 1. The lowest BCUT2D eigenvalue weighted by atomic mass is 10.0. The Hall–Kier alpha value is -2.67. The first-order valence-corrected chi connectivity index (χ1v) is 7.06. The molecule has 3 aromatic rings. The van der Waals surface area contributed by atoms with Crippen LogP contribution in [0.5, 0.6) is 0 Å². The van der Waals surface area contributed by atoms with Gasteiger partial charge in [-0.05, 0) is 27.8 Å². The van der Waals surface area contributed by atoms with Crippen LogP contribution in [-0.2, 0) is 11.2 Å². The molecule has 0 atom stereocenters. The normalized spacial score (nSPS) is 10.5. The number of H-pyrrole nitrogens is 1. The van der Waals surface area contributed by atoms with Gasteiger partial charge in [-0.1, -0.05) is 30.3 Å². The number of aromatic amines is 1. The van der Waals surface area contributed by atoms with Crippen molar-refractivity contribution in [3.05, 3.63) is 53.2 Å². The molecule has 0 aliphatic carbocycles. The van der Waals surface area contributed by atoms with Gasteiger partial charge in [0.15, 0.2) is 0 Å². The zero-order chi connectivity index (χ0) is 14.7. The molecule has 0 aliphatic heterocycles. The van der Waals surface area contributed by atoms with Gasteiger partial charge in [-0.2, -0.15) is 5.21 Å². The van der Waals surface area contributed by atoms with E-state index >= 15 is 0 Å². The van der Waals surface area contributed by atoms with E-state index in [0.29, 0.717) is 0 Å². The van der Waals surface area contributed by atoms with Crippen LogP contribution in [0, 0.1) is 0 Å². The highest BCUT2D eigenvalue weighted by Crippen LogP contribution is 2.29. The average molecular weight is 298 g/mol. The summed E-state index contributed by atoms with van der Waals surface area (Å²) in [4.78, 5) is 24.9. The number of carbonyl (C=O) groups is 2. The number of rotatable bonds is 5. The second kappa shape index (κ2) is 5.76. The molecule has 21 heavy (non-hydrogen) atoms. The molecule has 6 nitrogen and oxygen atoms in total. The molecule has 0 radical (unpaired) electrons. The molecule has 1 aromatic carbocycles. The molecule has 2 heterocycles. The first-order chi connectivity index (χ1) is 10.3. The first kappa shape index (κ1) is 13.3. The molecule has 0 amide bonds. The molecule has 0 saturated carbocycles. The first-order valence-electron chi connectivity index (χ1n) is 6.18. The van der Waals surface area contributed by atoms with E-state index in [4.69, 9.17) is 0 Å². The van der Waals surface area contributed by atoms with E-state index in [0.717, 1.165) is 16.0 Å². The summed E-state index contributed by atoms with van der Waals surface area (Å²) in [5, 5.41) is 14.4. The van der Waals surface area contributed by atoms with Gasteiger partial charge in [-0.25, -0.2) is 0 Å². The van der Waals surface area contributed by atoms with Crippen LogP contribution in [0.2, 0.25) is 0 Å². The Balaban J connectivity index is 1.82. The minimum absolute atomic E-state index is 0.0289. The van der Waals surface area contributed by atoms with Crippen molar-refractivity contribution in [1.82, 2.24) is 20.6 Å². The summed E-state index contributed by atoms with van der Waals surface area (Å²) < 4.78 is 0. The predicted octanol–water partition coefficient (Wildman–Crippen LogP) is 1.92. The maximum absolute atomic E-state index is 12.0. The third kappa shape index (κ3) is 2.77. The third-order valence-electron chi connectivity index (χ3n) is 2.94. The molecule has 2 aromatic heterocycles. The molecule has 1 N–H and O–H groups in total. The fraction of sp³-hybridized carbons (Fsp3) is 0.0714. The summed E-state index contributed by atoms with van der Waals surface area (Å²) in [7, 11) is 0. The smallest absolute Gasteiger partial charge is 0.269 e. The molecule has 104 valence electrons. The Kier molecular flexibility index (Phi) is 3.65. The number of Topliss-reactive ketones (excluding diaryl/α,β-unsaturated/α-hetero) is 2. The van der Waals surface area contributed by atoms with Gasteiger partial charge in [-0.3, -0.25) is 9.59 Å². The van der Waals surface area contributed by atoms with Gasteiger partial charge < -0.3 is 0 Å². The van der Waals surface area contributed by atoms with Crippen molar-refractivity contribution in [2.24, 2.45) is 0 Å². The van der Waals surface area contributed by atoms with Gasteiger partial charge in [-0.15, -0.1) is 21.5 Å². The van der Waals surface area contributed by atoms with Crippen molar-refractivity contribution in [1.29, 1.82) is 0 Å². The van der Waals surface area contributed by atoms with Crippen LogP contribution in [-0.4, -0.2) is 32.2 Å². The Labute approximate surface area is 123 Å². The highest BCUT2D eigenvalue weighted by molar-refractivity contribution is 7.13. The lowest BCUT2D eigenvalue weighted by Gasteiger charge is -2.02. The van der Waals surface area contributed by atoms with Gasteiger partial charge in [0.25, 0.3) is 5.78 Å². The monoisotopic (exact) mass is 298 g/mol. The molecule has 0 aliphatic rings. The van der Waals surface area contributed by atoms with Gasteiger partial charge in [0.05, 0.1) is 0 Å². The zero-order valence-electron chi connectivity index (χ0n) is 10.8. The quantitative estimate of drug-likeness (QED) is 0.574. The number of thiophene rings is 1. The lowest BCUT2D eigenvalue weighted by Crippen LogP contribution is -2.18. The second-order valence-electron chi connectivity index (χ2n) is 4.31. The van der Waals surface area contributed by atoms with Crippen LogP contribution in [0.25, 0.3) is 10.4 Å². The minimum atomic E-state index is -0.728. The third-order valence-corrected chi connectivity index (χ3v) is 3.94. The maximum atomic E-state index is 12.0. The van der Waals surface area contributed by atoms with Crippen molar-refractivity contribution in [2.45, 2.75) is 6.42 Å². The molecular weight excluding hydrogens is 288 g/mol. The van der Waals surface area contributed by atoms with Gasteiger partial charge in [0.1, 0.15) is 0 Å². The van der Waals surface area contributed by atoms with Crippen molar-refractivity contribution in [3.8, 4) is 10.4 Å². The van der Waals surface area contributed by atoms with Crippen LogP contribution in [0.15, 0.2) is 41.8 Å². The van der Waals surface area contributed by atoms with E-state index in [1.165, 1.54) is 0 Å². The predicted molar refractivity (Wildman–Crippen MR) is 77.0 cm³/mol. The Morgan fingerprint density at radius 3 is 2.67 bits per heavy atom. The summed E-state index contributed by atoms with van der Waals surface area (Å²) in [5.41, 5.74) is 1.86. The van der Waals surface area contributed by atoms with Crippen LogP contribution in [0.1, 0.15) is 16.2 Å². The lowest BCUT2D eigenvalue weighted by molar-refractivity contribution is -0.114. The standard InChI is InChI=1S/C14H10N4O2S/c19-11(12(20)14-15-17-18-16-14)8-10-6-7-21-13(10)9-4-2-1-3-5-9/h1-7H,8H2,(H,15,16,17,18). The Morgan fingerprint density at radius 2 is 1.95 bits per heavy atom. The summed E-state index contributed by atoms with van der Waals surface area (Å²) in [6, 6.07) is 11.6. The van der Waals surface area contributed by atoms with Crippen molar-refractivity contribution in [3.63, 3.8) is 0 Å². The fourth-order valence-corrected chi connectivity index (χ4v) is 2.89. The number of nitrogens with one attached hydrogen (secondary N) is 1. The second-order valence-corrected chi connectivity index (χ2v) is 5.22. The van der Waals surface area contributed by atoms with Crippen molar-refractivity contribution >= 4 is 22.9 Å². The zero-order valence-corrected chi connectivity index (χ0v) is 11.6. The molecule has 3 rings (SSSR count). The van der Waals surface area contributed by atoms with E-state index in [-0.39, 0.29) is 12.2 Å². The van der Waals surface area contributed by atoms with E-state index in [1.54, 1.807) is 11.3 Å². The topological polar surface area (TPSA) is 88.6 Å². The molecule has 0 saturated heterocycles. The molecule has 0 bridgehead atoms. The number of ketones is 2.